The van der Waals surface area contributed by atoms with Crippen molar-refractivity contribution in [3.63, 3.8) is 0 Å². The van der Waals surface area contributed by atoms with Crippen molar-refractivity contribution in [2.24, 2.45) is 0 Å². The highest BCUT2D eigenvalue weighted by Crippen LogP contribution is 2.21. The molecule has 1 aliphatic rings. The molecule has 0 unspecified atom stereocenters. The lowest BCUT2D eigenvalue weighted by Gasteiger charge is -2.15. The van der Waals surface area contributed by atoms with Gasteiger partial charge < -0.3 is 5.32 Å². The van der Waals surface area contributed by atoms with E-state index in [0.29, 0.717) is 16.4 Å². The molecule has 4 rings (SSSR count). The molecule has 2 N–H and O–H groups in total. The Labute approximate surface area is 163 Å². The summed E-state index contributed by atoms with van der Waals surface area (Å²) in [6.45, 7) is 3.23. The molecule has 2 heterocycles. The molecule has 0 bridgehead atoms. The second-order valence-electron chi connectivity index (χ2n) is 6.81. The van der Waals surface area contributed by atoms with E-state index in [1.54, 1.807) is 18.2 Å². The summed E-state index contributed by atoms with van der Waals surface area (Å²) in [7, 11) is 0. The van der Waals surface area contributed by atoms with Crippen LogP contribution in [0.3, 0.4) is 0 Å². The molecule has 1 aromatic heterocycles. The molecule has 2 aromatic carbocycles. The Morgan fingerprint density at radius 1 is 1.11 bits per heavy atom. The number of hydrogen-bond donors (Lipinski definition) is 2. The number of nitrogens with zero attached hydrogens (tertiary/aromatic N) is 2. The first kappa shape index (κ1) is 17.8. The van der Waals surface area contributed by atoms with Crippen LogP contribution >= 0.6 is 11.6 Å². The van der Waals surface area contributed by atoms with Gasteiger partial charge in [-0.15, -0.1) is 0 Å². The Balaban J connectivity index is 1.44. The van der Waals surface area contributed by atoms with Crippen LogP contribution < -0.4 is 5.32 Å². The number of H-pyrrole nitrogens is 1. The lowest BCUT2D eigenvalue weighted by atomic mass is 10.1. The first-order chi connectivity index (χ1) is 13.2. The predicted molar refractivity (Wildman–Crippen MR) is 108 cm³/mol. The zero-order valence-electron chi connectivity index (χ0n) is 14.9. The molecule has 138 valence electrons. The lowest BCUT2D eigenvalue weighted by Crippen LogP contribution is -2.18. The number of likely N-dealkylation sites (tertiary alicyclic amines) is 1. The molecule has 0 atom stereocenters. The van der Waals surface area contributed by atoms with E-state index in [1.807, 2.05) is 30.3 Å². The zero-order chi connectivity index (χ0) is 18.6. The number of carbonyl (C=O) groups excluding carboxylic acids is 1. The number of rotatable bonds is 5. The Kier molecular flexibility index (Phi) is 5.23. The van der Waals surface area contributed by atoms with Crippen molar-refractivity contribution in [2.45, 2.75) is 19.4 Å². The monoisotopic (exact) mass is 380 g/mol. The molecule has 6 heteroatoms. The van der Waals surface area contributed by atoms with Crippen LogP contribution in [0.2, 0.25) is 5.02 Å². The van der Waals surface area contributed by atoms with E-state index >= 15 is 0 Å². The normalized spacial score (nSPS) is 14.4. The molecule has 1 fully saturated rings. The fourth-order valence-electron chi connectivity index (χ4n) is 3.35. The van der Waals surface area contributed by atoms with Crippen molar-refractivity contribution < 1.29 is 4.79 Å². The van der Waals surface area contributed by atoms with E-state index in [-0.39, 0.29) is 5.91 Å². The van der Waals surface area contributed by atoms with Crippen LogP contribution in [-0.2, 0) is 6.54 Å². The average molecular weight is 381 g/mol. The third-order valence-electron chi connectivity index (χ3n) is 4.75. The van der Waals surface area contributed by atoms with Crippen LogP contribution in [-0.4, -0.2) is 34.1 Å². The maximum absolute atomic E-state index is 12.6. The number of amides is 1. The second-order valence-corrected chi connectivity index (χ2v) is 7.25. The average Bonchev–Trinajstić information content (AvgIpc) is 3.35. The zero-order valence-corrected chi connectivity index (χ0v) is 15.7. The van der Waals surface area contributed by atoms with Gasteiger partial charge in [0.2, 0.25) is 0 Å². The van der Waals surface area contributed by atoms with Crippen LogP contribution in [0.25, 0.3) is 11.3 Å². The molecule has 5 nitrogen and oxygen atoms in total. The van der Waals surface area contributed by atoms with Gasteiger partial charge >= 0.3 is 0 Å². The molecule has 0 saturated carbocycles. The third kappa shape index (κ3) is 4.38. The van der Waals surface area contributed by atoms with Crippen molar-refractivity contribution >= 4 is 23.2 Å². The summed E-state index contributed by atoms with van der Waals surface area (Å²) in [5.41, 5.74) is 4.03. The summed E-state index contributed by atoms with van der Waals surface area (Å²) in [5.74, 6) is -0.207. The summed E-state index contributed by atoms with van der Waals surface area (Å²) in [4.78, 5) is 15.0. The van der Waals surface area contributed by atoms with Gasteiger partial charge in [0.1, 0.15) is 5.69 Å². The maximum Gasteiger partial charge on any atom is 0.273 e. The fraction of sp³-hybridized carbons (Fsp3) is 0.238. The highest BCUT2D eigenvalue weighted by Gasteiger charge is 2.14. The van der Waals surface area contributed by atoms with E-state index in [4.69, 9.17) is 11.6 Å². The molecule has 27 heavy (non-hydrogen) atoms. The van der Waals surface area contributed by atoms with Crippen LogP contribution in [0.4, 0.5) is 5.69 Å². The first-order valence-electron chi connectivity index (χ1n) is 9.11. The Bertz CT molecular complexity index is 929. The quantitative estimate of drug-likeness (QED) is 0.681. The molecule has 1 aliphatic heterocycles. The van der Waals surface area contributed by atoms with Gasteiger partial charge in [-0.2, -0.15) is 5.10 Å². The standard InChI is InChI=1S/C21H21ClN4O/c22-17-8-6-16(7-9-17)19-13-20(25-24-19)21(27)23-18-5-3-4-15(12-18)14-26-10-1-2-11-26/h3-9,12-13H,1-2,10-11,14H2,(H,23,27)(H,24,25). The van der Waals surface area contributed by atoms with Gasteiger partial charge in [-0.3, -0.25) is 14.8 Å². The summed E-state index contributed by atoms with van der Waals surface area (Å²) >= 11 is 5.92. The van der Waals surface area contributed by atoms with Gasteiger partial charge in [-0.1, -0.05) is 35.9 Å². The summed E-state index contributed by atoms with van der Waals surface area (Å²) < 4.78 is 0. The first-order valence-corrected chi connectivity index (χ1v) is 9.49. The van der Waals surface area contributed by atoms with Gasteiger partial charge in [0.15, 0.2) is 0 Å². The summed E-state index contributed by atoms with van der Waals surface area (Å²) in [5, 5.41) is 10.7. The third-order valence-corrected chi connectivity index (χ3v) is 5.00. The SMILES string of the molecule is O=C(Nc1cccc(CN2CCCC2)c1)c1cc(-c2ccc(Cl)cc2)n[nH]1. The predicted octanol–water partition coefficient (Wildman–Crippen LogP) is 4.58. The number of hydrogen-bond acceptors (Lipinski definition) is 3. The van der Waals surface area contributed by atoms with Crippen LogP contribution in [0, 0.1) is 0 Å². The Hall–Kier alpha value is -2.63. The van der Waals surface area contributed by atoms with Crippen LogP contribution in [0.15, 0.2) is 54.6 Å². The smallest absolute Gasteiger partial charge is 0.273 e. The number of nitrogens with one attached hydrogen (secondary N) is 2. The van der Waals surface area contributed by atoms with Crippen molar-refractivity contribution in [1.82, 2.24) is 15.1 Å². The second kappa shape index (κ2) is 7.94. The van der Waals surface area contributed by atoms with E-state index in [9.17, 15) is 4.79 Å². The van der Waals surface area contributed by atoms with Gasteiger partial charge in [0.05, 0.1) is 5.69 Å². The van der Waals surface area contributed by atoms with E-state index in [0.717, 1.165) is 30.9 Å². The highest BCUT2D eigenvalue weighted by molar-refractivity contribution is 6.30. The van der Waals surface area contributed by atoms with Gasteiger partial charge in [0.25, 0.3) is 5.91 Å². The molecule has 1 saturated heterocycles. The molecular formula is C21H21ClN4O. The number of aromatic nitrogens is 2. The van der Waals surface area contributed by atoms with E-state index in [1.165, 1.54) is 18.4 Å². The minimum atomic E-state index is -0.207. The molecule has 0 aliphatic carbocycles. The number of aromatic amines is 1. The number of halogens is 1. The van der Waals surface area contributed by atoms with Crippen molar-refractivity contribution in [2.75, 3.05) is 18.4 Å². The van der Waals surface area contributed by atoms with Crippen molar-refractivity contribution in [1.29, 1.82) is 0 Å². The lowest BCUT2D eigenvalue weighted by molar-refractivity contribution is 0.102. The van der Waals surface area contributed by atoms with E-state index in [2.05, 4.69) is 26.5 Å². The highest BCUT2D eigenvalue weighted by atomic mass is 35.5. The fourth-order valence-corrected chi connectivity index (χ4v) is 3.48. The molecule has 0 radical (unpaired) electrons. The minimum Gasteiger partial charge on any atom is -0.321 e. The van der Waals surface area contributed by atoms with E-state index < -0.39 is 0 Å². The van der Waals surface area contributed by atoms with Crippen molar-refractivity contribution in [3.05, 3.63) is 70.9 Å². The maximum atomic E-state index is 12.6. The largest absolute Gasteiger partial charge is 0.321 e. The molecule has 1 amide bonds. The number of benzene rings is 2. The Morgan fingerprint density at radius 2 is 1.89 bits per heavy atom. The molecule has 0 spiro atoms. The Morgan fingerprint density at radius 3 is 2.67 bits per heavy atom. The molecule has 3 aromatic rings. The van der Waals surface area contributed by atoms with Gasteiger partial charge in [0, 0.05) is 22.8 Å². The summed E-state index contributed by atoms with van der Waals surface area (Å²) in [6, 6.07) is 17.1. The van der Waals surface area contributed by atoms with Crippen LogP contribution in [0.5, 0.6) is 0 Å². The number of anilines is 1. The van der Waals surface area contributed by atoms with Gasteiger partial charge in [-0.25, -0.2) is 0 Å². The minimum absolute atomic E-state index is 0.207. The van der Waals surface area contributed by atoms with Gasteiger partial charge in [-0.05, 0) is 61.8 Å². The number of carbonyl (C=O) groups is 1. The summed E-state index contributed by atoms with van der Waals surface area (Å²) in [6.07, 6.45) is 2.54. The topological polar surface area (TPSA) is 61.0 Å². The van der Waals surface area contributed by atoms with Crippen molar-refractivity contribution in [3.8, 4) is 11.3 Å². The molecular weight excluding hydrogens is 360 g/mol. The van der Waals surface area contributed by atoms with Crippen LogP contribution in [0.1, 0.15) is 28.9 Å².